The maximum Gasteiger partial charge on any atom is 0.262 e. The summed E-state index contributed by atoms with van der Waals surface area (Å²) in [5, 5.41) is 25.0. The Morgan fingerprint density at radius 2 is 1.60 bits per heavy atom. The summed E-state index contributed by atoms with van der Waals surface area (Å²) in [6.45, 7) is 10.2. The number of aromatic hydroxyl groups is 1. The van der Waals surface area contributed by atoms with Gasteiger partial charge < -0.3 is 25.1 Å². The lowest BCUT2D eigenvalue weighted by molar-refractivity contribution is -0.136. The van der Waals surface area contributed by atoms with Crippen molar-refractivity contribution in [2.24, 2.45) is 11.8 Å². The second-order valence-corrected chi connectivity index (χ2v) is 15.5. The van der Waals surface area contributed by atoms with Crippen LogP contribution < -0.4 is 20.4 Å². The van der Waals surface area contributed by atoms with E-state index < -0.39 is 23.8 Å². The first-order valence-corrected chi connectivity index (χ1v) is 19.0. The number of anilines is 3. The molecule has 4 fully saturated rings. The van der Waals surface area contributed by atoms with Crippen molar-refractivity contribution in [1.82, 2.24) is 30.2 Å². The van der Waals surface area contributed by atoms with Crippen LogP contribution in [0.4, 0.5) is 17.2 Å². The van der Waals surface area contributed by atoms with Crippen LogP contribution in [0.15, 0.2) is 48.5 Å². The molecular weight excluding hydrogens is 674 g/mol. The lowest BCUT2D eigenvalue weighted by atomic mass is 9.92. The zero-order valence-electron chi connectivity index (χ0n) is 29.7. The monoisotopic (exact) mass is 719 g/mol. The predicted octanol–water partition coefficient (Wildman–Crippen LogP) is 2.41. The van der Waals surface area contributed by atoms with E-state index in [9.17, 15) is 24.3 Å². The number of piperidine rings is 2. The Hall–Kier alpha value is -5.08. The number of phenols is 1. The zero-order chi connectivity index (χ0) is 36.2. The minimum absolute atomic E-state index is 0.108. The summed E-state index contributed by atoms with van der Waals surface area (Å²) in [6, 6.07) is 14.1. The molecule has 2 aromatic carbocycles. The number of nitrogens with one attached hydrogen (secondary N) is 2. The highest BCUT2D eigenvalue weighted by molar-refractivity contribution is 6.23. The Morgan fingerprint density at radius 3 is 2.42 bits per heavy atom. The molecule has 14 heteroatoms. The molecule has 6 aliphatic heterocycles. The highest BCUT2D eigenvalue weighted by atomic mass is 16.3. The molecule has 1 aromatic heterocycles. The average molecular weight is 720 g/mol. The van der Waals surface area contributed by atoms with Gasteiger partial charge in [-0.2, -0.15) is 0 Å². The van der Waals surface area contributed by atoms with Crippen LogP contribution in [-0.2, 0) is 9.59 Å². The van der Waals surface area contributed by atoms with E-state index >= 15 is 0 Å². The Bertz CT molecular complexity index is 1960. The van der Waals surface area contributed by atoms with Gasteiger partial charge in [-0.25, -0.2) is 0 Å². The lowest BCUT2D eigenvalue weighted by Gasteiger charge is -2.47. The van der Waals surface area contributed by atoms with E-state index in [0.717, 1.165) is 94.0 Å². The molecule has 0 spiro atoms. The van der Waals surface area contributed by atoms with Gasteiger partial charge in [0.05, 0.1) is 28.6 Å². The molecule has 0 aliphatic carbocycles. The minimum atomic E-state index is -0.950. The van der Waals surface area contributed by atoms with E-state index in [1.54, 1.807) is 18.2 Å². The first kappa shape index (κ1) is 33.7. The Kier molecular flexibility index (Phi) is 8.73. The molecule has 4 amide bonds. The first-order valence-electron chi connectivity index (χ1n) is 19.0. The van der Waals surface area contributed by atoms with Gasteiger partial charge in [0.15, 0.2) is 5.82 Å². The van der Waals surface area contributed by atoms with Crippen LogP contribution >= 0.6 is 0 Å². The van der Waals surface area contributed by atoms with Crippen molar-refractivity contribution in [3.05, 3.63) is 59.7 Å². The Morgan fingerprint density at radius 1 is 0.792 bits per heavy atom. The van der Waals surface area contributed by atoms with Gasteiger partial charge in [-0.05, 0) is 93.6 Å². The first-order chi connectivity index (χ1) is 25.8. The molecule has 0 saturated carbocycles. The van der Waals surface area contributed by atoms with Crippen molar-refractivity contribution in [1.29, 1.82) is 0 Å². The van der Waals surface area contributed by atoms with Gasteiger partial charge >= 0.3 is 0 Å². The molecule has 53 heavy (non-hydrogen) atoms. The number of aromatic nitrogens is 2. The van der Waals surface area contributed by atoms with Crippen LogP contribution in [0.3, 0.4) is 0 Å². The molecule has 7 heterocycles. The van der Waals surface area contributed by atoms with E-state index in [2.05, 4.69) is 46.5 Å². The number of imide groups is 2. The Labute approximate surface area is 308 Å². The number of amides is 4. The van der Waals surface area contributed by atoms with Gasteiger partial charge in [0, 0.05) is 63.5 Å². The minimum Gasteiger partial charge on any atom is -0.507 e. The average Bonchev–Trinajstić information content (AvgIpc) is 3.39. The topological polar surface area (TPSA) is 155 Å². The standard InChI is InChI=1S/C39H45N9O5/c49-34-4-2-1-3-29(34)31-18-33-36(43-42-31)40-19-27-23-45(15-16-47(27)33)20-24-9-12-44(13-10-24)14-11-25-21-46(22-25)26-5-6-28-30(17-26)39(53)48(38(28)52)32-7-8-35(50)41-37(32)51/h1-6,17-18,24-25,27,32,49H,7-16,19-23H2,(H,40,43)(H,41,50,51). The summed E-state index contributed by atoms with van der Waals surface area (Å²) in [6.07, 6.45) is 3.85. The molecule has 0 bridgehead atoms. The molecule has 4 saturated heterocycles. The number of para-hydroxylation sites is 1. The number of hydrogen-bond acceptors (Lipinski definition) is 12. The summed E-state index contributed by atoms with van der Waals surface area (Å²) in [5.41, 5.74) is 4.02. The second-order valence-electron chi connectivity index (χ2n) is 15.5. The van der Waals surface area contributed by atoms with Crippen LogP contribution in [0.25, 0.3) is 11.3 Å². The number of likely N-dealkylation sites (tertiary alicyclic amines) is 1. The number of piperazine rings is 1. The van der Waals surface area contributed by atoms with E-state index in [1.165, 1.54) is 12.8 Å². The van der Waals surface area contributed by atoms with Crippen molar-refractivity contribution >= 4 is 40.8 Å². The molecule has 0 radical (unpaired) electrons. The molecule has 3 N–H and O–H groups in total. The van der Waals surface area contributed by atoms with Crippen LogP contribution in [0, 0.1) is 11.8 Å². The van der Waals surface area contributed by atoms with Crippen molar-refractivity contribution in [2.75, 3.05) is 80.6 Å². The summed E-state index contributed by atoms with van der Waals surface area (Å²) in [4.78, 5) is 61.3. The van der Waals surface area contributed by atoms with E-state index in [0.29, 0.717) is 40.3 Å². The van der Waals surface area contributed by atoms with Gasteiger partial charge in [0.1, 0.15) is 11.8 Å². The normalized spacial score (nSPS) is 24.0. The molecule has 3 aromatic rings. The number of carbonyl (C=O) groups excluding carboxylic acids is 4. The van der Waals surface area contributed by atoms with Crippen LogP contribution in [0.5, 0.6) is 5.75 Å². The summed E-state index contributed by atoms with van der Waals surface area (Å²) >= 11 is 0. The smallest absolute Gasteiger partial charge is 0.262 e. The molecular formula is C39H45N9O5. The number of phenolic OH excluding ortho intramolecular Hbond substituents is 1. The largest absolute Gasteiger partial charge is 0.507 e. The number of fused-ring (bicyclic) bond motifs is 4. The summed E-state index contributed by atoms with van der Waals surface area (Å²) in [7, 11) is 0. The van der Waals surface area contributed by atoms with Gasteiger partial charge in [-0.3, -0.25) is 34.3 Å². The highest BCUT2D eigenvalue weighted by Gasteiger charge is 2.45. The molecule has 14 nitrogen and oxygen atoms in total. The van der Waals surface area contributed by atoms with Crippen molar-refractivity contribution < 1.29 is 24.3 Å². The fourth-order valence-electron chi connectivity index (χ4n) is 9.08. The number of nitrogens with zero attached hydrogens (tertiary/aromatic N) is 7. The fourth-order valence-corrected chi connectivity index (χ4v) is 9.08. The van der Waals surface area contributed by atoms with Gasteiger partial charge in [0.25, 0.3) is 11.8 Å². The van der Waals surface area contributed by atoms with Crippen molar-refractivity contribution in [3.63, 3.8) is 0 Å². The molecule has 9 rings (SSSR count). The van der Waals surface area contributed by atoms with E-state index in [-0.39, 0.29) is 24.5 Å². The van der Waals surface area contributed by atoms with Crippen LogP contribution in [-0.4, -0.2) is 131 Å². The maximum atomic E-state index is 13.2. The number of benzene rings is 2. The summed E-state index contributed by atoms with van der Waals surface area (Å²) in [5.74, 6) is 0.418. The van der Waals surface area contributed by atoms with E-state index in [1.807, 2.05) is 24.3 Å². The third-order valence-corrected chi connectivity index (χ3v) is 12.2. The molecule has 276 valence electrons. The predicted molar refractivity (Wildman–Crippen MR) is 198 cm³/mol. The van der Waals surface area contributed by atoms with Gasteiger partial charge in [-0.1, -0.05) is 12.1 Å². The Balaban J connectivity index is 0.715. The van der Waals surface area contributed by atoms with Crippen LogP contribution in [0.1, 0.15) is 52.8 Å². The highest BCUT2D eigenvalue weighted by Crippen LogP contribution is 2.37. The van der Waals surface area contributed by atoms with E-state index in [4.69, 9.17) is 0 Å². The van der Waals surface area contributed by atoms with Gasteiger partial charge in [-0.15, -0.1) is 10.2 Å². The maximum absolute atomic E-state index is 13.2. The van der Waals surface area contributed by atoms with Gasteiger partial charge in [0.2, 0.25) is 11.8 Å². The second kappa shape index (κ2) is 13.7. The third-order valence-electron chi connectivity index (χ3n) is 12.2. The SMILES string of the molecule is O=C1CCC(N2C(=O)c3ccc(N4CC(CCN5CCC(CN6CCN7c8cc(-c9ccccc9O)nnc8NCC7C6)CC5)C4)cc3C2=O)C(=O)N1. The number of carbonyl (C=O) groups is 4. The number of hydrogen-bond donors (Lipinski definition) is 3. The quantitative estimate of drug-likeness (QED) is 0.293. The molecule has 2 unspecified atom stereocenters. The van der Waals surface area contributed by atoms with Crippen LogP contribution in [0.2, 0.25) is 0 Å². The fraction of sp³-hybridized carbons (Fsp3) is 0.487. The van der Waals surface area contributed by atoms with Crippen molar-refractivity contribution in [2.45, 2.75) is 44.2 Å². The lowest BCUT2D eigenvalue weighted by Crippen LogP contribution is -2.58. The molecule has 2 atom stereocenters. The molecule has 6 aliphatic rings. The zero-order valence-corrected chi connectivity index (χ0v) is 29.7. The third kappa shape index (κ3) is 6.37. The summed E-state index contributed by atoms with van der Waals surface area (Å²) < 4.78 is 0. The van der Waals surface area contributed by atoms with Crippen molar-refractivity contribution in [3.8, 4) is 17.0 Å². The number of rotatable bonds is 8.